The summed E-state index contributed by atoms with van der Waals surface area (Å²) in [6.07, 6.45) is 2.19. The lowest BCUT2D eigenvalue weighted by Gasteiger charge is -2.24. The van der Waals surface area contributed by atoms with E-state index in [2.05, 4.69) is 26.1 Å². The molecular formula is C14H23NO. The third kappa shape index (κ3) is 5.17. The van der Waals surface area contributed by atoms with E-state index in [1.807, 2.05) is 30.3 Å². The van der Waals surface area contributed by atoms with Crippen molar-refractivity contribution in [3.63, 3.8) is 0 Å². The fourth-order valence-corrected chi connectivity index (χ4v) is 1.33. The smallest absolute Gasteiger partial charge is 0.119 e. The van der Waals surface area contributed by atoms with Gasteiger partial charge in [-0.05, 0) is 45.4 Å². The molecule has 0 aliphatic heterocycles. The minimum atomic E-state index is 0.243. The van der Waals surface area contributed by atoms with E-state index in [1.165, 1.54) is 0 Å². The second-order valence-corrected chi connectivity index (χ2v) is 4.68. The van der Waals surface area contributed by atoms with Gasteiger partial charge >= 0.3 is 0 Å². The van der Waals surface area contributed by atoms with Gasteiger partial charge in [-0.3, -0.25) is 0 Å². The Bertz CT molecular complexity index is 282. The molecule has 0 unspecified atom stereocenters. The van der Waals surface area contributed by atoms with E-state index >= 15 is 0 Å². The van der Waals surface area contributed by atoms with Crippen molar-refractivity contribution in [2.24, 2.45) is 0 Å². The Hall–Kier alpha value is -1.02. The highest BCUT2D eigenvalue weighted by Gasteiger charge is 2.12. The molecule has 2 heteroatoms. The van der Waals surface area contributed by atoms with Crippen LogP contribution in [0.3, 0.4) is 0 Å². The number of hydrogen-bond donors (Lipinski definition) is 1. The Morgan fingerprint density at radius 2 is 1.88 bits per heavy atom. The monoisotopic (exact) mass is 221 g/mol. The number of para-hydroxylation sites is 1. The Labute approximate surface area is 99.0 Å². The Morgan fingerprint density at radius 3 is 2.50 bits per heavy atom. The van der Waals surface area contributed by atoms with Crippen LogP contribution in [-0.4, -0.2) is 18.7 Å². The third-order valence-corrected chi connectivity index (χ3v) is 2.82. The first-order valence-electron chi connectivity index (χ1n) is 6.07. The van der Waals surface area contributed by atoms with Crippen molar-refractivity contribution in [3.8, 4) is 5.75 Å². The van der Waals surface area contributed by atoms with Gasteiger partial charge < -0.3 is 10.1 Å². The summed E-state index contributed by atoms with van der Waals surface area (Å²) in [5.74, 6) is 0.956. The normalized spacial score (nSPS) is 11.4. The number of nitrogens with one attached hydrogen (secondary N) is 1. The van der Waals surface area contributed by atoms with E-state index in [0.29, 0.717) is 0 Å². The summed E-state index contributed by atoms with van der Waals surface area (Å²) in [6.45, 7) is 8.44. The first-order valence-corrected chi connectivity index (χ1v) is 6.07. The molecule has 1 aromatic rings. The summed E-state index contributed by atoms with van der Waals surface area (Å²) in [5, 5.41) is 3.51. The molecule has 0 aliphatic rings. The summed E-state index contributed by atoms with van der Waals surface area (Å²) in [7, 11) is 0. The quantitative estimate of drug-likeness (QED) is 0.714. The molecule has 0 atom stereocenters. The van der Waals surface area contributed by atoms with Crippen molar-refractivity contribution in [1.82, 2.24) is 5.32 Å². The van der Waals surface area contributed by atoms with Gasteiger partial charge in [0.1, 0.15) is 5.75 Å². The molecule has 0 heterocycles. The summed E-state index contributed by atoms with van der Waals surface area (Å²) in [4.78, 5) is 0. The zero-order valence-corrected chi connectivity index (χ0v) is 10.6. The van der Waals surface area contributed by atoms with E-state index in [-0.39, 0.29) is 5.54 Å². The van der Waals surface area contributed by atoms with E-state index in [1.54, 1.807) is 0 Å². The Morgan fingerprint density at radius 1 is 1.19 bits per heavy atom. The maximum atomic E-state index is 5.61. The summed E-state index contributed by atoms with van der Waals surface area (Å²) in [5.41, 5.74) is 0.243. The van der Waals surface area contributed by atoms with Crippen molar-refractivity contribution in [3.05, 3.63) is 30.3 Å². The second-order valence-electron chi connectivity index (χ2n) is 4.68. The highest BCUT2D eigenvalue weighted by molar-refractivity contribution is 5.20. The molecule has 0 radical (unpaired) electrons. The van der Waals surface area contributed by atoms with Crippen molar-refractivity contribution >= 4 is 0 Å². The summed E-state index contributed by atoms with van der Waals surface area (Å²) < 4.78 is 5.61. The fraction of sp³-hybridized carbons (Fsp3) is 0.571. The highest BCUT2D eigenvalue weighted by Crippen LogP contribution is 2.09. The van der Waals surface area contributed by atoms with Crippen LogP contribution in [-0.2, 0) is 0 Å². The van der Waals surface area contributed by atoms with Crippen molar-refractivity contribution in [2.75, 3.05) is 13.2 Å². The predicted molar refractivity (Wildman–Crippen MR) is 68.9 cm³/mol. The van der Waals surface area contributed by atoms with Crippen LogP contribution in [0.4, 0.5) is 0 Å². The van der Waals surface area contributed by atoms with Gasteiger partial charge in [-0.15, -0.1) is 0 Å². The molecule has 1 N–H and O–H groups in total. The maximum absolute atomic E-state index is 5.61. The average molecular weight is 221 g/mol. The number of rotatable bonds is 7. The molecule has 0 bridgehead atoms. The van der Waals surface area contributed by atoms with E-state index < -0.39 is 0 Å². The van der Waals surface area contributed by atoms with E-state index in [4.69, 9.17) is 4.74 Å². The molecule has 0 aliphatic carbocycles. The molecule has 90 valence electrons. The first kappa shape index (κ1) is 13.0. The Kier molecular flexibility index (Phi) is 5.33. The van der Waals surface area contributed by atoms with Gasteiger partial charge in [-0.2, -0.15) is 0 Å². The van der Waals surface area contributed by atoms with Gasteiger partial charge in [-0.25, -0.2) is 0 Å². The van der Waals surface area contributed by atoms with Crippen molar-refractivity contribution in [2.45, 2.75) is 39.2 Å². The summed E-state index contributed by atoms with van der Waals surface area (Å²) in [6, 6.07) is 9.96. The second kappa shape index (κ2) is 6.54. The van der Waals surface area contributed by atoms with Crippen LogP contribution in [0.15, 0.2) is 30.3 Å². The van der Waals surface area contributed by atoms with Crippen LogP contribution in [0.25, 0.3) is 0 Å². The van der Waals surface area contributed by atoms with Crippen LogP contribution in [0.1, 0.15) is 33.6 Å². The lowest BCUT2D eigenvalue weighted by molar-refractivity contribution is 0.292. The molecule has 16 heavy (non-hydrogen) atoms. The molecule has 2 nitrogen and oxygen atoms in total. The molecule has 0 amide bonds. The van der Waals surface area contributed by atoms with Gasteiger partial charge in [0.2, 0.25) is 0 Å². The van der Waals surface area contributed by atoms with Gasteiger partial charge in [-0.1, -0.05) is 25.1 Å². The molecule has 1 aromatic carbocycles. The van der Waals surface area contributed by atoms with Gasteiger partial charge in [0.15, 0.2) is 0 Å². The number of ether oxygens (including phenoxy) is 1. The maximum Gasteiger partial charge on any atom is 0.119 e. The summed E-state index contributed by atoms with van der Waals surface area (Å²) >= 11 is 0. The van der Waals surface area contributed by atoms with E-state index in [9.17, 15) is 0 Å². The van der Waals surface area contributed by atoms with Crippen LogP contribution in [0, 0.1) is 0 Å². The first-order chi connectivity index (χ1) is 7.64. The van der Waals surface area contributed by atoms with Gasteiger partial charge in [0, 0.05) is 5.54 Å². The fourth-order valence-electron chi connectivity index (χ4n) is 1.33. The minimum absolute atomic E-state index is 0.243. The molecule has 0 saturated carbocycles. The SMILES string of the molecule is CCC(C)(C)NCCCOc1ccccc1. The predicted octanol–water partition coefficient (Wildman–Crippen LogP) is 3.23. The topological polar surface area (TPSA) is 21.3 Å². The highest BCUT2D eigenvalue weighted by atomic mass is 16.5. The van der Waals surface area contributed by atoms with Crippen LogP contribution in [0.5, 0.6) is 5.75 Å². The zero-order chi connectivity index (χ0) is 11.9. The van der Waals surface area contributed by atoms with E-state index in [0.717, 1.165) is 31.7 Å². The lowest BCUT2D eigenvalue weighted by Crippen LogP contribution is -2.39. The lowest BCUT2D eigenvalue weighted by atomic mass is 10.0. The average Bonchev–Trinajstić information content (AvgIpc) is 2.30. The molecule has 0 fully saturated rings. The van der Waals surface area contributed by atoms with Gasteiger partial charge in [0.05, 0.1) is 6.61 Å². The number of hydrogen-bond acceptors (Lipinski definition) is 2. The molecule has 1 rings (SSSR count). The largest absolute Gasteiger partial charge is 0.494 e. The minimum Gasteiger partial charge on any atom is -0.494 e. The molecule has 0 aromatic heterocycles. The van der Waals surface area contributed by atoms with Crippen LogP contribution < -0.4 is 10.1 Å². The van der Waals surface area contributed by atoms with Crippen molar-refractivity contribution in [1.29, 1.82) is 0 Å². The van der Waals surface area contributed by atoms with Crippen LogP contribution in [0.2, 0.25) is 0 Å². The molecular weight excluding hydrogens is 198 g/mol. The van der Waals surface area contributed by atoms with Crippen LogP contribution >= 0.6 is 0 Å². The standard InChI is InChI=1S/C14H23NO/c1-4-14(2,3)15-11-8-12-16-13-9-6-5-7-10-13/h5-7,9-10,15H,4,8,11-12H2,1-3H3. The van der Waals surface area contributed by atoms with Crippen molar-refractivity contribution < 1.29 is 4.74 Å². The Balaban J connectivity index is 2.09. The molecule has 0 saturated heterocycles. The zero-order valence-electron chi connectivity index (χ0n) is 10.6. The third-order valence-electron chi connectivity index (χ3n) is 2.82. The van der Waals surface area contributed by atoms with Gasteiger partial charge in [0.25, 0.3) is 0 Å². The number of benzene rings is 1. The molecule has 0 spiro atoms.